The van der Waals surface area contributed by atoms with Gasteiger partial charge in [0.15, 0.2) is 5.69 Å². The predicted octanol–water partition coefficient (Wildman–Crippen LogP) is 1.08. The van der Waals surface area contributed by atoms with E-state index in [4.69, 9.17) is 5.11 Å². The number of halogens is 2. The Morgan fingerprint density at radius 2 is 2.21 bits per heavy atom. The fourth-order valence-electron chi connectivity index (χ4n) is 0.853. The monoisotopic (exact) mass is 204 g/mol. The third-order valence-corrected chi connectivity index (χ3v) is 1.44. The standard InChI is InChI=1S/C7H6F2N2O3/c1-3-4(6(12)13)10-2-11-5(3)14-7(8)9/h2,7H,1H3,(H,12,13). The van der Waals surface area contributed by atoms with Crippen LogP contribution in [0.5, 0.6) is 5.88 Å². The van der Waals surface area contributed by atoms with Crippen molar-refractivity contribution < 1.29 is 23.4 Å². The van der Waals surface area contributed by atoms with Crippen molar-refractivity contribution in [1.82, 2.24) is 9.97 Å². The van der Waals surface area contributed by atoms with Gasteiger partial charge in [0.05, 0.1) is 0 Å². The van der Waals surface area contributed by atoms with Gasteiger partial charge in [0.25, 0.3) is 0 Å². The summed E-state index contributed by atoms with van der Waals surface area (Å²) < 4.78 is 27.6. The van der Waals surface area contributed by atoms with E-state index in [9.17, 15) is 13.6 Å². The smallest absolute Gasteiger partial charge is 0.388 e. The second-order valence-corrected chi connectivity index (χ2v) is 2.34. The van der Waals surface area contributed by atoms with Crippen molar-refractivity contribution >= 4 is 5.97 Å². The zero-order valence-electron chi connectivity index (χ0n) is 7.07. The topological polar surface area (TPSA) is 72.3 Å². The Balaban J connectivity index is 3.07. The molecule has 0 aliphatic carbocycles. The molecule has 0 bridgehead atoms. The highest BCUT2D eigenvalue weighted by Gasteiger charge is 2.16. The Hall–Kier alpha value is -1.79. The summed E-state index contributed by atoms with van der Waals surface area (Å²) in [5, 5.41) is 8.59. The SMILES string of the molecule is Cc1c(OC(F)F)ncnc1C(=O)O. The van der Waals surface area contributed by atoms with Crippen LogP contribution in [0.15, 0.2) is 6.33 Å². The first-order valence-electron chi connectivity index (χ1n) is 3.52. The summed E-state index contributed by atoms with van der Waals surface area (Å²) in [6, 6.07) is 0. The molecule has 0 saturated carbocycles. The number of aromatic carboxylic acids is 1. The van der Waals surface area contributed by atoms with E-state index in [1.807, 2.05) is 0 Å². The number of carboxylic acid groups (broad SMARTS) is 1. The highest BCUT2D eigenvalue weighted by molar-refractivity contribution is 5.87. The van der Waals surface area contributed by atoms with Crippen LogP contribution in [0.3, 0.4) is 0 Å². The molecule has 0 fully saturated rings. The largest absolute Gasteiger partial charge is 0.476 e. The van der Waals surface area contributed by atoms with E-state index in [0.717, 1.165) is 6.33 Å². The first-order valence-corrected chi connectivity index (χ1v) is 3.52. The van der Waals surface area contributed by atoms with Crippen molar-refractivity contribution in [3.05, 3.63) is 17.6 Å². The molecule has 0 saturated heterocycles. The third-order valence-electron chi connectivity index (χ3n) is 1.44. The molecule has 0 radical (unpaired) electrons. The molecule has 5 nitrogen and oxygen atoms in total. The highest BCUT2D eigenvalue weighted by Crippen LogP contribution is 2.17. The zero-order valence-corrected chi connectivity index (χ0v) is 7.07. The van der Waals surface area contributed by atoms with Crippen LogP contribution in [-0.4, -0.2) is 27.7 Å². The molecule has 0 atom stereocenters. The first kappa shape index (κ1) is 10.3. The molecular formula is C7H6F2N2O3. The van der Waals surface area contributed by atoms with Crippen LogP contribution in [0, 0.1) is 6.92 Å². The molecule has 0 amide bonds. The average molecular weight is 204 g/mol. The van der Waals surface area contributed by atoms with Crippen LogP contribution >= 0.6 is 0 Å². The molecule has 1 heterocycles. The molecule has 1 aromatic heterocycles. The highest BCUT2D eigenvalue weighted by atomic mass is 19.3. The predicted molar refractivity (Wildman–Crippen MR) is 40.4 cm³/mol. The van der Waals surface area contributed by atoms with Crippen molar-refractivity contribution in [3.63, 3.8) is 0 Å². The van der Waals surface area contributed by atoms with Gasteiger partial charge in [-0.15, -0.1) is 0 Å². The summed E-state index contributed by atoms with van der Waals surface area (Å²) in [6.45, 7) is -1.74. The number of hydrogen-bond donors (Lipinski definition) is 1. The molecule has 0 aromatic carbocycles. The normalized spacial score (nSPS) is 10.3. The average Bonchev–Trinajstić information content (AvgIpc) is 2.07. The number of aromatic nitrogens is 2. The number of rotatable bonds is 3. The second-order valence-electron chi connectivity index (χ2n) is 2.34. The maximum atomic E-state index is 11.8. The van der Waals surface area contributed by atoms with E-state index in [1.165, 1.54) is 6.92 Å². The molecule has 0 spiro atoms. The fourth-order valence-corrected chi connectivity index (χ4v) is 0.853. The van der Waals surface area contributed by atoms with Crippen molar-refractivity contribution in [3.8, 4) is 5.88 Å². The van der Waals surface area contributed by atoms with Gasteiger partial charge < -0.3 is 9.84 Å². The third kappa shape index (κ3) is 2.12. The lowest BCUT2D eigenvalue weighted by Crippen LogP contribution is -2.10. The molecule has 76 valence electrons. The van der Waals surface area contributed by atoms with Crippen molar-refractivity contribution in [2.45, 2.75) is 13.5 Å². The van der Waals surface area contributed by atoms with Crippen LogP contribution < -0.4 is 4.74 Å². The van der Waals surface area contributed by atoms with Crippen LogP contribution in [0.25, 0.3) is 0 Å². The first-order chi connectivity index (χ1) is 6.52. The maximum Gasteiger partial charge on any atom is 0.388 e. The number of alkyl halides is 2. The van der Waals surface area contributed by atoms with Crippen molar-refractivity contribution in [1.29, 1.82) is 0 Å². The van der Waals surface area contributed by atoms with Crippen molar-refractivity contribution in [2.24, 2.45) is 0 Å². The van der Waals surface area contributed by atoms with Crippen LogP contribution in [-0.2, 0) is 0 Å². The Bertz CT molecular complexity index is 357. The van der Waals surface area contributed by atoms with Gasteiger partial charge >= 0.3 is 12.6 Å². The zero-order chi connectivity index (χ0) is 10.7. The lowest BCUT2D eigenvalue weighted by atomic mass is 10.2. The Labute approximate surface area is 77.4 Å². The molecule has 1 rings (SSSR count). The summed E-state index contributed by atoms with van der Waals surface area (Å²) >= 11 is 0. The summed E-state index contributed by atoms with van der Waals surface area (Å²) in [5.41, 5.74) is -0.379. The molecule has 7 heteroatoms. The summed E-state index contributed by atoms with van der Waals surface area (Å²) in [6.07, 6.45) is 0.855. The molecular weight excluding hydrogens is 198 g/mol. The summed E-state index contributed by atoms with van der Waals surface area (Å²) in [7, 11) is 0. The Kier molecular flexibility index (Phi) is 2.90. The Morgan fingerprint density at radius 3 is 2.71 bits per heavy atom. The summed E-state index contributed by atoms with van der Waals surface area (Å²) in [5.74, 6) is -1.74. The minimum atomic E-state index is -3.04. The molecule has 0 aliphatic heterocycles. The minimum Gasteiger partial charge on any atom is -0.476 e. The molecule has 0 unspecified atom stereocenters. The van der Waals surface area contributed by atoms with Gasteiger partial charge in [0.1, 0.15) is 6.33 Å². The van der Waals surface area contributed by atoms with Gasteiger partial charge in [-0.3, -0.25) is 0 Å². The minimum absolute atomic E-state index is 0.0275. The van der Waals surface area contributed by atoms with E-state index in [-0.39, 0.29) is 11.3 Å². The van der Waals surface area contributed by atoms with Gasteiger partial charge in [-0.2, -0.15) is 8.78 Å². The van der Waals surface area contributed by atoms with Crippen molar-refractivity contribution in [2.75, 3.05) is 0 Å². The van der Waals surface area contributed by atoms with E-state index in [2.05, 4.69) is 14.7 Å². The molecule has 14 heavy (non-hydrogen) atoms. The second kappa shape index (κ2) is 3.95. The van der Waals surface area contributed by atoms with Crippen LogP contribution in [0.4, 0.5) is 8.78 Å². The van der Waals surface area contributed by atoms with E-state index in [1.54, 1.807) is 0 Å². The van der Waals surface area contributed by atoms with Gasteiger partial charge in [0, 0.05) is 5.56 Å². The fraction of sp³-hybridized carbons (Fsp3) is 0.286. The molecule has 1 aromatic rings. The number of ether oxygens (including phenoxy) is 1. The van der Waals surface area contributed by atoms with Gasteiger partial charge in [-0.1, -0.05) is 0 Å². The molecule has 1 N–H and O–H groups in total. The van der Waals surface area contributed by atoms with E-state index < -0.39 is 18.5 Å². The number of nitrogens with zero attached hydrogens (tertiary/aromatic N) is 2. The Morgan fingerprint density at radius 1 is 1.57 bits per heavy atom. The number of carbonyl (C=O) groups is 1. The van der Waals surface area contributed by atoms with Gasteiger partial charge in [-0.25, -0.2) is 14.8 Å². The van der Waals surface area contributed by atoms with Gasteiger partial charge in [0.2, 0.25) is 5.88 Å². The van der Waals surface area contributed by atoms with Crippen LogP contribution in [0.2, 0.25) is 0 Å². The maximum absolute atomic E-state index is 11.8. The lowest BCUT2D eigenvalue weighted by Gasteiger charge is -2.06. The molecule has 0 aliphatic rings. The van der Waals surface area contributed by atoms with Crippen LogP contribution in [0.1, 0.15) is 16.1 Å². The number of hydrogen-bond acceptors (Lipinski definition) is 4. The van der Waals surface area contributed by atoms with Gasteiger partial charge in [-0.05, 0) is 6.92 Å². The van der Waals surface area contributed by atoms with E-state index in [0.29, 0.717) is 0 Å². The van der Waals surface area contributed by atoms with E-state index >= 15 is 0 Å². The quantitative estimate of drug-likeness (QED) is 0.797. The lowest BCUT2D eigenvalue weighted by molar-refractivity contribution is -0.0535. The summed E-state index contributed by atoms with van der Waals surface area (Å²) in [4.78, 5) is 17.3. The number of carboxylic acids is 1.